The minimum Gasteiger partial charge on any atom is -0.368 e. The van der Waals surface area contributed by atoms with E-state index in [1.807, 2.05) is 13.8 Å². The standard InChI is InChI=1S/C12H20N2O3/c1-3-9-11(15)13-5-6-14(9)12(16)10-8(2)4-7-17-10/h8-10H,3-7H2,1-2H3,(H,13,15). The third kappa shape index (κ3) is 2.29. The van der Waals surface area contributed by atoms with Gasteiger partial charge in [0.1, 0.15) is 12.1 Å². The Morgan fingerprint density at radius 3 is 2.94 bits per heavy atom. The maximum Gasteiger partial charge on any atom is 0.252 e. The van der Waals surface area contributed by atoms with Crippen molar-refractivity contribution in [2.24, 2.45) is 5.92 Å². The summed E-state index contributed by atoms with van der Waals surface area (Å²) in [4.78, 5) is 25.7. The fraction of sp³-hybridized carbons (Fsp3) is 0.833. The molecule has 2 heterocycles. The SMILES string of the molecule is CCC1C(=O)NCCN1C(=O)C1OCCC1C. The molecule has 96 valence electrons. The molecule has 5 nitrogen and oxygen atoms in total. The third-order valence-electron chi connectivity index (χ3n) is 3.63. The second-order valence-corrected chi connectivity index (χ2v) is 4.80. The lowest BCUT2D eigenvalue weighted by atomic mass is 10.0. The van der Waals surface area contributed by atoms with Crippen LogP contribution in [0.15, 0.2) is 0 Å². The highest BCUT2D eigenvalue weighted by atomic mass is 16.5. The van der Waals surface area contributed by atoms with Crippen LogP contribution in [0.1, 0.15) is 26.7 Å². The van der Waals surface area contributed by atoms with Gasteiger partial charge in [0.25, 0.3) is 5.91 Å². The minimum absolute atomic E-state index is 0.0169. The van der Waals surface area contributed by atoms with Crippen molar-refractivity contribution in [2.75, 3.05) is 19.7 Å². The van der Waals surface area contributed by atoms with Gasteiger partial charge >= 0.3 is 0 Å². The number of ether oxygens (including phenoxy) is 1. The molecular weight excluding hydrogens is 220 g/mol. The van der Waals surface area contributed by atoms with Crippen LogP contribution in [0.2, 0.25) is 0 Å². The van der Waals surface area contributed by atoms with Gasteiger partial charge in [0, 0.05) is 19.7 Å². The van der Waals surface area contributed by atoms with Crippen LogP contribution in [0, 0.1) is 5.92 Å². The molecule has 1 N–H and O–H groups in total. The zero-order chi connectivity index (χ0) is 12.4. The highest BCUT2D eigenvalue weighted by molar-refractivity contribution is 5.90. The molecule has 3 unspecified atom stereocenters. The molecule has 0 spiro atoms. The van der Waals surface area contributed by atoms with E-state index in [-0.39, 0.29) is 29.9 Å². The summed E-state index contributed by atoms with van der Waals surface area (Å²) in [5, 5.41) is 2.80. The number of rotatable bonds is 2. The van der Waals surface area contributed by atoms with E-state index in [9.17, 15) is 9.59 Å². The van der Waals surface area contributed by atoms with E-state index in [2.05, 4.69) is 5.32 Å². The van der Waals surface area contributed by atoms with Gasteiger partial charge in [-0.25, -0.2) is 0 Å². The van der Waals surface area contributed by atoms with Gasteiger partial charge in [0.15, 0.2) is 0 Å². The second-order valence-electron chi connectivity index (χ2n) is 4.80. The van der Waals surface area contributed by atoms with Gasteiger partial charge in [-0.2, -0.15) is 0 Å². The zero-order valence-corrected chi connectivity index (χ0v) is 10.4. The van der Waals surface area contributed by atoms with Gasteiger partial charge < -0.3 is 15.0 Å². The molecule has 0 aromatic heterocycles. The maximum atomic E-state index is 12.3. The monoisotopic (exact) mass is 240 g/mol. The minimum atomic E-state index is -0.352. The van der Waals surface area contributed by atoms with Crippen LogP contribution in [-0.2, 0) is 14.3 Å². The molecule has 0 bridgehead atoms. The van der Waals surface area contributed by atoms with E-state index in [0.717, 1.165) is 6.42 Å². The topological polar surface area (TPSA) is 58.6 Å². The van der Waals surface area contributed by atoms with Crippen molar-refractivity contribution < 1.29 is 14.3 Å². The lowest BCUT2D eigenvalue weighted by Crippen LogP contribution is -2.59. The summed E-state index contributed by atoms with van der Waals surface area (Å²) in [7, 11) is 0. The summed E-state index contributed by atoms with van der Waals surface area (Å²) in [6.45, 7) is 5.74. The van der Waals surface area contributed by atoms with Crippen molar-refractivity contribution in [3.63, 3.8) is 0 Å². The van der Waals surface area contributed by atoms with E-state index in [4.69, 9.17) is 4.74 Å². The van der Waals surface area contributed by atoms with E-state index in [1.165, 1.54) is 0 Å². The van der Waals surface area contributed by atoms with Crippen molar-refractivity contribution in [1.82, 2.24) is 10.2 Å². The quantitative estimate of drug-likeness (QED) is 0.747. The maximum absolute atomic E-state index is 12.3. The molecule has 2 aliphatic heterocycles. The molecule has 3 atom stereocenters. The van der Waals surface area contributed by atoms with Gasteiger partial charge in [-0.05, 0) is 18.8 Å². The van der Waals surface area contributed by atoms with Gasteiger partial charge in [-0.1, -0.05) is 13.8 Å². The Morgan fingerprint density at radius 1 is 1.59 bits per heavy atom. The average molecular weight is 240 g/mol. The molecule has 2 rings (SSSR count). The van der Waals surface area contributed by atoms with Gasteiger partial charge in [0.2, 0.25) is 5.91 Å². The van der Waals surface area contributed by atoms with Crippen LogP contribution < -0.4 is 5.32 Å². The van der Waals surface area contributed by atoms with E-state index >= 15 is 0 Å². The summed E-state index contributed by atoms with van der Waals surface area (Å²) < 4.78 is 5.49. The number of carbonyl (C=O) groups is 2. The number of hydrogen-bond donors (Lipinski definition) is 1. The molecule has 0 saturated carbocycles. The Labute approximate surface area is 101 Å². The number of carbonyl (C=O) groups excluding carboxylic acids is 2. The second kappa shape index (κ2) is 5.04. The largest absolute Gasteiger partial charge is 0.368 e. The van der Waals surface area contributed by atoms with Crippen LogP contribution in [0.4, 0.5) is 0 Å². The van der Waals surface area contributed by atoms with Crippen LogP contribution in [0.3, 0.4) is 0 Å². The Bertz CT molecular complexity index is 319. The first-order chi connectivity index (χ1) is 8.15. The van der Waals surface area contributed by atoms with Gasteiger partial charge in [0.05, 0.1) is 0 Å². The highest BCUT2D eigenvalue weighted by Crippen LogP contribution is 2.23. The summed E-state index contributed by atoms with van der Waals surface area (Å²) in [6.07, 6.45) is 1.22. The first-order valence-electron chi connectivity index (χ1n) is 6.35. The van der Waals surface area contributed by atoms with Crippen molar-refractivity contribution in [1.29, 1.82) is 0 Å². The van der Waals surface area contributed by atoms with Crippen molar-refractivity contribution in [2.45, 2.75) is 38.8 Å². The Kier molecular flexibility index (Phi) is 3.66. The summed E-state index contributed by atoms with van der Waals surface area (Å²) >= 11 is 0. The molecule has 2 aliphatic rings. The predicted octanol–water partition coefficient (Wildman–Crippen LogP) is 0.148. The van der Waals surface area contributed by atoms with Crippen molar-refractivity contribution in [3.8, 4) is 0 Å². The lowest BCUT2D eigenvalue weighted by molar-refractivity contribution is -0.151. The molecule has 0 aromatic carbocycles. The molecule has 17 heavy (non-hydrogen) atoms. The molecule has 2 saturated heterocycles. The van der Waals surface area contributed by atoms with E-state index < -0.39 is 0 Å². The number of nitrogens with zero attached hydrogens (tertiary/aromatic N) is 1. The van der Waals surface area contributed by atoms with Crippen LogP contribution in [-0.4, -0.2) is 48.6 Å². The number of amides is 2. The molecule has 0 aromatic rings. The fourth-order valence-electron chi connectivity index (χ4n) is 2.56. The Balaban J connectivity index is 2.09. The Hall–Kier alpha value is -1.10. The van der Waals surface area contributed by atoms with Gasteiger partial charge in [-0.3, -0.25) is 9.59 Å². The van der Waals surface area contributed by atoms with Crippen LogP contribution >= 0.6 is 0 Å². The summed E-state index contributed by atoms with van der Waals surface area (Å²) in [6, 6.07) is -0.326. The van der Waals surface area contributed by atoms with Gasteiger partial charge in [-0.15, -0.1) is 0 Å². The summed E-state index contributed by atoms with van der Waals surface area (Å²) in [5.74, 6) is 0.194. The molecule has 0 radical (unpaired) electrons. The van der Waals surface area contributed by atoms with E-state index in [0.29, 0.717) is 26.1 Å². The molecule has 5 heteroatoms. The predicted molar refractivity (Wildman–Crippen MR) is 62.3 cm³/mol. The van der Waals surface area contributed by atoms with Crippen molar-refractivity contribution in [3.05, 3.63) is 0 Å². The third-order valence-corrected chi connectivity index (χ3v) is 3.63. The normalized spacial score (nSPS) is 33.6. The number of hydrogen-bond acceptors (Lipinski definition) is 3. The molecule has 0 aliphatic carbocycles. The first-order valence-corrected chi connectivity index (χ1v) is 6.35. The molecular formula is C12H20N2O3. The molecule has 2 amide bonds. The first kappa shape index (κ1) is 12.4. The summed E-state index contributed by atoms with van der Waals surface area (Å²) in [5.41, 5.74) is 0. The smallest absolute Gasteiger partial charge is 0.252 e. The molecule has 2 fully saturated rings. The van der Waals surface area contributed by atoms with Crippen LogP contribution in [0.25, 0.3) is 0 Å². The zero-order valence-electron chi connectivity index (χ0n) is 10.4. The van der Waals surface area contributed by atoms with E-state index in [1.54, 1.807) is 4.90 Å². The highest BCUT2D eigenvalue weighted by Gasteiger charge is 2.39. The fourth-order valence-corrected chi connectivity index (χ4v) is 2.56. The Morgan fingerprint density at radius 2 is 2.35 bits per heavy atom. The lowest BCUT2D eigenvalue weighted by Gasteiger charge is -2.36. The van der Waals surface area contributed by atoms with Crippen LogP contribution in [0.5, 0.6) is 0 Å². The number of piperazine rings is 1. The average Bonchev–Trinajstić information content (AvgIpc) is 2.74. The van der Waals surface area contributed by atoms with Crippen molar-refractivity contribution >= 4 is 11.8 Å². The number of nitrogens with one attached hydrogen (secondary N) is 1.